The minimum absolute atomic E-state index is 0.0248. The summed E-state index contributed by atoms with van der Waals surface area (Å²) in [7, 11) is 0. The van der Waals surface area contributed by atoms with Crippen LogP contribution in [0.15, 0.2) is 30.3 Å². The van der Waals surface area contributed by atoms with E-state index in [0.29, 0.717) is 33.6 Å². The zero-order valence-electron chi connectivity index (χ0n) is 16.6. The Labute approximate surface area is 186 Å². The average molecular weight is 445 g/mol. The molecule has 6 heteroatoms. The lowest BCUT2D eigenvalue weighted by atomic mass is 9.93. The molecule has 0 spiro atoms. The van der Waals surface area contributed by atoms with E-state index in [1.165, 1.54) is 31.4 Å². The van der Waals surface area contributed by atoms with Gasteiger partial charge >= 0.3 is 0 Å². The van der Waals surface area contributed by atoms with Crippen LogP contribution in [-0.2, 0) is 11.2 Å². The maximum Gasteiger partial charge on any atom is 0.226 e. The van der Waals surface area contributed by atoms with Crippen molar-refractivity contribution in [1.82, 2.24) is 4.90 Å². The molecular weight excluding hydrogens is 422 g/mol. The van der Waals surface area contributed by atoms with E-state index in [2.05, 4.69) is 4.90 Å². The summed E-state index contributed by atoms with van der Waals surface area (Å²) in [6.45, 7) is 0.813. The predicted octanol–water partition coefficient (Wildman–Crippen LogP) is 6.39. The van der Waals surface area contributed by atoms with Crippen LogP contribution in [0.5, 0.6) is 0 Å². The van der Waals surface area contributed by atoms with E-state index < -0.39 is 5.82 Å². The number of amides is 1. The highest BCUT2D eigenvalue weighted by molar-refractivity contribution is 6.36. The number of hydrogen-bond acceptors (Lipinski definition) is 2. The predicted molar refractivity (Wildman–Crippen MR) is 117 cm³/mol. The summed E-state index contributed by atoms with van der Waals surface area (Å²) in [4.78, 5) is 15.1. The summed E-state index contributed by atoms with van der Waals surface area (Å²) in [6.07, 6.45) is 7.24. The Balaban J connectivity index is 1.53. The molecule has 1 atom stereocenters. The minimum atomic E-state index is -0.558. The summed E-state index contributed by atoms with van der Waals surface area (Å²) >= 11 is 13.1. The first kappa shape index (κ1) is 21.2. The van der Waals surface area contributed by atoms with Crippen LogP contribution in [0.25, 0.3) is 11.1 Å². The lowest BCUT2D eigenvalue weighted by Gasteiger charge is -2.31. The van der Waals surface area contributed by atoms with E-state index in [1.54, 1.807) is 18.2 Å². The molecule has 1 aliphatic heterocycles. The third-order valence-electron chi connectivity index (χ3n) is 6.38. The minimum Gasteiger partial charge on any atom is -0.339 e. The molecule has 2 aliphatic rings. The van der Waals surface area contributed by atoms with Crippen molar-refractivity contribution in [3.05, 3.63) is 57.3 Å². The summed E-state index contributed by atoms with van der Waals surface area (Å²) in [6, 6.07) is 10.1. The van der Waals surface area contributed by atoms with E-state index in [9.17, 15) is 9.18 Å². The number of carbonyl (C=O) groups is 1. The van der Waals surface area contributed by atoms with Crippen molar-refractivity contribution in [3.63, 3.8) is 0 Å². The van der Waals surface area contributed by atoms with Crippen LogP contribution in [0, 0.1) is 23.1 Å². The van der Waals surface area contributed by atoms with Gasteiger partial charge in [-0.15, -0.1) is 0 Å². The van der Waals surface area contributed by atoms with E-state index in [-0.39, 0.29) is 17.4 Å². The molecule has 156 valence electrons. The first-order valence-corrected chi connectivity index (χ1v) is 11.2. The van der Waals surface area contributed by atoms with Gasteiger partial charge in [-0.1, -0.05) is 48.5 Å². The Hall–Kier alpha value is -2.09. The molecule has 1 aliphatic carbocycles. The Morgan fingerprint density at radius 1 is 1.03 bits per heavy atom. The topological polar surface area (TPSA) is 44.1 Å². The summed E-state index contributed by atoms with van der Waals surface area (Å²) in [5, 5.41) is 10.0. The van der Waals surface area contributed by atoms with E-state index in [0.717, 1.165) is 31.4 Å². The van der Waals surface area contributed by atoms with Crippen LogP contribution in [0.3, 0.4) is 0 Å². The van der Waals surface area contributed by atoms with Gasteiger partial charge in [0.2, 0.25) is 5.91 Å². The fourth-order valence-corrected chi connectivity index (χ4v) is 5.35. The molecule has 30 heavy (non-hydrogen) atoms. The van der Waals surface area contributed by atoms with Gasteiger partial charge in [-0.3, -0.25) is 4.79 Å². The molecule has 3 nitrogen and oxygen atoms in total. The molecule has 2 aromatic rings. The Morgan fingerprint density at radius 3 is 2.40 bits per heavy atom. The first-order chi connectivity index (χ1) is 14.5. The van der Waals surface area contributed by atoms with Gasteiger partial charge < -0.3 is 4.90 Å². The van der Waals surface area contributed by atoms with Crippen LogP contribution < -0.4 is 0 Å². The highest BCUT2D eigenvalue weighted by Crippen LogP contribution is 2.36. The van der Waals surface area contributed by atoms with Gasteiger partial charge in [-0.2, -0.15) is 5.26 Å². The maximum absolute atomic E-state index is 13.6. The number of likely N-dealkylation sites (tertiary alicyclic amines) is 1. The maximum atomic E-state index is 13.6. The van der Waals surface area contributed by atoms with Crippen molar-refractivity contribution in [2.24, 2.45) is 5.92 Å². The van der Waals surface area contributed by atoms with Crippen molar-refractivity contribution in [2.45, 2.75) is 51.0 Å². The molecule has 1 unspecified atom stereocenters. The number of halogens is 3. The first-order valence-electron chi connectivity index (χ1n) is 10.5. The van der Waals surface area contributed by atoms with Crippen LogP contribution in [0.1, 0.15) is 49.7 Å². The smallest absolute Gasteiger partial charge is 0.226 e. The number of nitrogens with zero attached hydrogens (tertiary/aromatic N) is 2. The summed E-state index contributed by atoms with van der Waals surface area (Å²) in [5.74, 6) is -0.434. The standard InChI is InChI=1S/C24H23Cl2FN2O/c25-21-12-17(15-6-7-23(27)18(10-15)14-28)13-22(26)20(21)11-16-8-9-29(24(16)30)19-4-2-1-3-5-19/h6-7,10,12-13,16,19H,1-5,8-9,11H2. The number of rotatable bonds is 4. The zero-order valence-corrected chi connectivity index (χ0v) is 18.1. The van der Waals surface area contributed by atoms with Gasteiger partial charge in [0.15, 0.2) is 0 Å². The molecular formula is C24H23Cl2FN2O. The van der Waals surface area contributed by atoms with Gasteiger partial charge in [0.1, 0.15) is 11.9 Å². The lowest BCUT2D eigenvalue weighted by molar-refractivity contribution is -0.133. The van der Waals surface area contributed by atoms with Crippen LogP contribution >= 0.6 is 23.2 Å². The van der Waals surface area contributed by atoms with Crippen molar-refractivity contribution in [3.8, 4) is 17.2 Å². The van der Waals surface area contributed by atoms with Gasteiger partial charge in [-0.05, 0) is 66.6 Å². The molecule has 0 bridgehead atoms. The number of hydrogen-bond donors (Lipinski definition) is 0. The molecule has 1 saturated carbocycles. The molecule has 1 saturated heterocycles. The highest BCUT2D eigenvalue weighted by Gasteiger charge is 2.36. The number of nitriles is 1. The van der Waals surface area contributed by atoms with Gasteiger partial charge in [0, 0.05) is 28.5 Å². The van der Waals surface area contributed by atoms with Crippen molar-refractivity contribution in [1.29, 1.82) is 5.26 Å². The molecule has 0 N–H and O–H groups in total. The molecule has 2 fully saturated rings. The van der Waals surface area contributed by atoms with Gasteiger partial charge in [-0.25, -0.2) is 4.39 Å². The van der Waals surface area contributed by atoms with Gasteiger partial charge in [0.25, 0.3) is 0 Å². The van der Waals surface area contributed by atoms with Crippen LogP contribution in [0.4, 0.5) is 4.39 Å². The number of carbonyl (C=O) groups excluding carboxylic acids is 1. The summed E-state index contributed by atoms with van der Waals surface area (Å²) in [5.41, 5.74) is 2.13. The number of benzene rings is 2. The molecule has 1 amide bonds. The van der Waals surface area contributed by atoms with Gasteiger partial charge in [0.05, 0.1) is 5.56 Å². The highest BCUT2D eigenvalue weighted by atomic mass is 35.5. The van der Waals surface area contributed by atoms with Crippen molar-refractivity contribution >= 4 is 29.1 Å². The molecule has 2 aromatic carbocycles. The normalized spacial score (nSPS) is 19.9. The molecule has 0 aromatic heterocycles. The Kier molecular flexibility index (Phi) is 6.32. The van der Waals surface area contributed by atoms with Crippen LogP contribution in [-0.4, -0.2) is 23.4 Å². The van der Waals surface area contributed by atoms with Crippen molar-refractivity contribution in [2.75, 3.05) is 6.54 Å². The Bertz CT molecular complexity index is 988. The quantitative estimate of drug-likeness (QED) is 0.547. The zero-order chi connectivity index (χ0) is 21.3. The van der Waals surface area contributed by atoms with E-state index in [4.69, 9.17) is 28.5 Å². The average Bonchev–Trinajstić information content (AvgIpc) is 3.11. The second-order valence-electron chi connectivity index (χ2n) is 8.24. The summed E-state index contributed by atoms with van der Waals surface area (Å²) < 4.78 is 13.6. The van der Waals surface area contributed by atoms with Crippen molar-refractivity contribution < 1.29 is 9.18 Å². The molecule has 0 radical (unpaired) electrons. The monoisotopic (exact) mass is 444 g/mol. The van der Waals surface area contributed by atoms with Crippen LogP contribution in [0.2, 0.25) is 10.0 Å². The fraction of sp³-hybridized carbons (Fsp3) is 0.417. The SMILES string of the molecule is N#Cc1cc(-c2cc(Cl)c(CC3CCN(C4CCCCC4)C3=O)c(Cl)c2)ccc1F. The Morgan fingerprint density at radius 2 is 1.73 bits per heavy atom. The fourth-order valence-electron chi connectivity index (χ4n) is 4.71. The van der Waals surface area contributed by atoms with E-state index >= 15 is 0 Å². The second kappa shape index (κ2) is 8.96. The largest absolute Gasteiger partial charge is 0.339 e. The third kappa shape index (κ3) is 4.19. The third-order valence-corrected chi connectivity index (χ3v) is 7.05. The molecule has 1 heterocycles. The molecule has 4 rings (SSSR count). The second-order valence-corrected chi connectivity index (χ2v) is 9.05. The lowest BCUT2D eigenvalue weighted by Crippen LogP contribution is -2.39. The van der Waals surface area contributed by atoms with E-state index in [1.807, 2.05) is 6.07 Å².